The molecule has 0 N–H and O–H groups in total. The molecule has 0 aromatic carbocycles. The second-order valence-corrected chi connectivity index (χ2v) is 19.4. The molecule has 3 nitrogen and oxygen atoms in total. The summed E-state index contributed by atoms with van der Waals surface area (Å²) in [5.41, 5.74) is 0. The summed E-state index contributed by atoms with van der Waals surface area (Å²) in [6.45, 7) is 21.3. The summed E-state index contributed by atoms with van der Waals surface area (Å²) in [7, 11) is -3.56. The standard InChI is InChI=1S/C18H38O3Si2/c1-17(2,11-9-15-13-19-15)22(5,6)21-23(7,8)18(3,4)12-10-16-14-20-16/h15-16H,9-14H2,1-8H3/t15-,16-/m0/s1. The van der Waals surface area contributed by atoms with E-state index in [1.807, 2.05) is 0 Å². The molecule has 136 valence electrons. The van der Waals surface area contributed by atoms with E-state index >= 15 is 0 Å². The molecule has 0 unspecified atom stereocenters. The van der Waals surface area contributed by atoms with Gasteiger partial charge in [0.1, 0.15) is 0 Å². The Bertz CT molecular complexity index is 372. The lowest BCUT2D eigenvalue weighted by molar-refractivity contribution is 0.354. The Morgan fingerprint density at radius 2 is 1.09 bits per heavy atom. The third-order valence-electron chi connectivity index (χ3n) is 6.76. The molecule has 5 heteroatoms. The van der Waals surface area contributed by atoms with Crippen molar-refractivity contribution in [1.29, 1.82) is 0 Å². The Hall–Kier alpha value is 0.314. The molecule has 2 aliphatic heterocycles. The van der Waals surface area contributed by atoms with Crippen LogP contribution in [0.1, 0.15) is 53.4 Å². The van der Waals surface area contributed by atoms with E-state index in [1.54, 1.807) is 0 Å². The number of rotatable bonds is 10. The summed E-state index contributed by atoms with van der Waals surface area (Å²) >= 11 is 0. The van der Waals surface area contributed by atoms with Crippen LogP contribution in [0.15, 0.2) is 0 Å². The molecule has 2 aliphatic rings. The number of hydrogen-bond acceptors (Lipinski definition) is 3. The minimum absolute atomic E-state index is 0.291. The van der Waals surface area contributed by atoms with Crippen molar-refractivity contribution in [3.8, 4) is 0 Å². The quantitative estimate of drug-likeness (QED) is 0.391. The largest absolute Gasteiger partial charge is 0.455 e. The van der Waals surface area contributed by atoms with E-state index in [1.165, 1.54) is 25.7 Å². The molecule has 0 aliphatic carbocycles. The smallest absolute Gasteiger partial charge is 0.179 e. The highest BCUT2D eigenvalue weighted by Gasteiger charge is 2.50. The fraction of sp³-hybridized carbons (Fsp3) is 1.00. The van der Waals surface area contributed by atoms with Gasteiger partial charge in [-0.05, 0) is 61.9 Å². The number of ether oxygens (including phenoxy) is 2. The van der Waals surface area contributed by atoms with Gasteiger partial charge < -0.3 is 13.6 Å². The van der Waals surface area contributed by atoms with Crippen LogP contribution < -0.4 is 0 Å². The van der Waals surface area contributed by atoms with E-state index in [9.17, 15) is 0 Å². The summed E-state index contributed by atoms with van der Waals surface area (Å²) in [6, 6.07) is 0. The molecule has 2 saturated heterocycles. The Morgan fingerprint density at radius 3 is 1.35 bits per heavy atom. The first-order valence-electron chi connectivity index (χ1n) is 9.30. The van der Waals surface area contributed by atoms with Crippen molar-refractivity contribution in [2.45, 2.75) is 102 Å². The van der Waals surface area contributed by atoms with Crippen molar-refractivity contribution in [2.75, 3.05) is 13.2 Å². The lowest BCUT2D eigenvalue weighted by Gasteiger charge is -2.49. The van der Waals surface area contributed by atoms with Gasteiger partial charge in [0, 0.05) is 0 Å². The summed E-state index contributed by atoms with van der Waals surface area (Å²) in [6.07, 6.45) is 5.88. The SMILES string of the molecule is CC(C)(CC[C@H]1CO1)[Si](C)(C)O[Si](C)(C)C(C)(C)CC[C@H]1CO1. The summed E-state index contributed by atoms with van der Waals surface area (Å²) in [5, 5.41) is 0.581. The molecule has 0 aromatic heterocycles. The molecule has 2 heterocycles. The van der Waals surface area contributed by atoms with Crippen LogP contribution in [0.25, 0.3) is 0 Å². The molecule has 0 radical (unpaired) electrons. The zero-order valence-electron chi connectivity index (χ0n) is 16.6. The molecule has 2 atom stereocenters. The summed E-state index contributed by atoms with van der Waals surface area (Å²) in [4.78, 5) is 0. The Balaban J connectivity index is 1.96. The first-order chi connectivity index (χ1) is 10.4. The minimum Gasteiger partial charge on any atom is -0.455 e. The number of epoxide rings is 2. The fourth-order valence-electron chi connectivity index (χ4n) is 3.03. The van der Waals surface area contributed by atoms with Gasteiger partial charge in [0.15, 0.2) is 16.6 Å². The zero-order valence-corrected chi connectivity index (χ0v) is 18.6. The minimum atomic E-state index is -1.78. The van der Waals surface area contributed by atoms with E-state index in [0.717, 1.165) is 13.2 Å². The normalized spacial score (nSPS) is 25.6. The fourth-order valence-corrected chi connectivity index (χ4v) is 11.8. The molecule has 0 spiro atoms. The lowest BCUT2D eigenvalue weighted by Crippen LogP contribution is -2.55. The molecule has 0 aromatic rings. The second-order valence-electron chi connectivity index (χ2n) is 9.88. The van der Waals surface area contributed by atoms with E-state index in [-0.39, 0.29) is 0 Å². The van der Waals surface area contributed by atoms with Crippen LogP contribution >= 0.6 is 0 Å². The van der Waals surface area contributed by atoms with Crippen LogP contribution in [-0.4, -0.2) is 42.1 Å². The van der Waals surface area contributed by atoms with Gasteiger partial charge in [-0.3, -0.25) is 0 Å². The predicted octanol–water partition coefficient (Wildman–Crippen LogP) is 5.33. The third kappa shape index (κ3) is 5.14. The van der Waals surface area contributed by atoms with Gasteiger partial charge in [0.25, 0.3) is 0 Å². The molecule has 2 fully saturated rings. The average molecular weight is 359 g/mol. The van der Waals surface area contributed by atoms with Crippen LogP contribution in [0.3, 0.4) is 0 Å². The van der Waals surface area contributed by atoms with Crippen LogP contribution in [0.4, 0.5) is 0 Å². The van der Waals surface area contributed by atoms with E-state index in [2.05, 4.69) is 53.9 Å². The van der Waals surface area contributed by atoms with Crippen molar-refractivity contribution in [2.24, 2.45) is 0 Å². The summed E-state index contributed by atoms with van der Waals surface area (Å²) in [5.74, 6) is 0. The van der Waals surface area contributed by atoms with Crippen molar-refractivity contribution in [3.05, 3.63) is 0 Å². The van der Waals surface area contributed by atoms with Gasteiger partial charge in [-0.2, -0.15) is 0 Å². The molecule has 2 rings (SSSR count). The van der Waals surface area contributed by atoms with Gasteiger partial charge in [-0.25, -0.2) is 0 Å². The maximum Gasteiger partial charge on any atom is 0.179 e. The Kier molecular flexibility index (Phi) is 5.60. The van der Waals surface area contributed by atoms with Gasteiger partial charge in [0.2, 0.25) is 0 Å². The van der Waals surface area contributed by atoms with Gasteiger partial charge in [-0.1, -0.05) is 27.7 Å². The van der Waals surface area contributed by atoms with Gasteiger partial charge in [0.05, 0.1) is 25.4 Å². The topological polar surface area (TPSA) is 34.3 Å². The molecule has 0 bridgehead atoms. The highest BCUT2D eigenvalue weighted by Crippen LogP contribution is 2.50. The van der Waals surface area contributed by atoms with Crippen molar-refractivity contribution >= 4 is 16.6 Å². The lowest BCUT2D eigenvalue weighted by atomic mass is 10.1. The Morgan fingerprint density at radius 1 is 0.783 bits per heavy atom. The van der Waals surface area contributed by atoms with Gasteiger partial charge in [-0.15, -0.1) is 0 Å². The van der Waals surface area contributed by atoms with Crippen molar-refractivity contribution in [1.82, 2.24) is 0 Å². The van der Waals surface area contributed by atoms with E-state index < -0.39 is 16.6 Å². The monoisotopic (exact) mass is 358 g/mol. The van der Waals surface area contributed by atoms with E-state index in [0.29, 0.717) is 22.3 Å². The highest BCUT2D eigenvalue weighted by molar-refractivity contribution is 6.87. The molecular formula is C18H38O3Si2. The first kappa shape index (κ1) is 19.6. The maximum absolute atomic E-state index is 7.06. The maximum atomic E-state index is 7.06. The highest BCUT2D eigenvalue weighted by atomic mass is 28.4. The molecular weight excluding hydrogens is 320 g/mol. The molecule has 23 heavy (non-hydrogen) atoms. The van der Waals surface area contributed by atoms with Crippen LogP contribution in [0, 0.1) is 0 Å². The van der Waals surface area contributed by atoms with Crippen molar-refractivity contribution in [3.63, 3.8) is 0 Å². The average Bonchev–Trinajstić information content (AvgIpc) is 3.25. The zero-order chi connectivity index (χ0) is 17.5. The van der Waals surface area contributed by atoms with Crippen LogP contribution in [0.2, 0.25) is 36.3 Å². The molecule has 0 saturated carbocycles. The van der Waals surface area contributed by atoms with Crippen molar-refractivity contribution < 1.29 is 13.6 Å². The molecule has 0 amide bonds. The second kappa shape index (κ2) is 6.56. The van der Waals surface area contributed by atoms with Crippen LogP contribution in [0.5, 0.6) is 0 Å². The van der Waals surface area contributed by atoms with Gasteiger partial charge >= 0.3 is 0 Å². The predicted molar refractivity (Wildman–Crippen MR) is 102 cm³/mol. The first-order valence-corrected chi connectivity index (χ1v) is 15.1. The van der Waals surface area contributed by atoms with Crippen LogP contribution in [-0.2, 0) is 13.6 Å². The number of hydrogen-bond donors (Lipinski definition) is 0. The summed E-state index contributed by atoms with van der Waals surface area (Å²) < 4.78 is 17.9. The van der Waals surface area contributed by atoms with E-state index in [4.69, 9.17) is 13.6 Å². The Labute approximate surface area is 145 Å². The third-order valence-corrected chi connectivity index (χ3v) is 17.9.